The molecule has 1 aromatic carbocycles. The molecule has 146 valence electrons. The molecule has 2 fully saturated rings. The highest BCUT2D eigenvalue weighted by Gasteiger charge is 2.34. The van der Waals surface area contributed by atoms with E-state index >= 15 is 0 Å². The quantitative estimate of drug-likeness (QED) is 0.852. The predicted molar refractivity (Wildman–Crippen MR) is 97.0 cm³/mol. The van der Waals surface area contributed by atoms with Crippen LogP contribution in [0.3, 0.4) is 0 Å². The van der Waals surface area contributed by atoms with Crippen molar-refractivity contribution in [1.82, 2.24) is 9.80 Å². The molecule has 0 atom stereocenters. The van der Waals surface area contributed by atoms with Crippen LogP contribution in [-0.2, 0) is 9.59 Å². The molecule has 8 heteroatoms. The van der Waals surface area contributed by atoms with Crippen molar-refractivity contribution in [3.63, 3.8) is 0 Å². The summed E-state index contributed by atoms with van der Waals surface area (Å²) in [5.41, 5.74) is -0.133. The smallest absolute Gasteiger partial charge is 0.306 e. The van der Waals surface area contributed by atoms with Crippen LogP contribution in [0, 0.1) is 17.7 Å². The number of aliphatic carboxylic acids is 1. The summed E-state index contributed by atoms with van der Waals surface area (Å²) >= 11 is 5.96. The number of nitrogens with zero attached hydrogens (tertiary/aromatic N) is 2. The molecule has 1 aromatic rings. The Morgan fingerprint density at radius 2 is 1.52 bits per heavy atom. The standard InChI is InChI=1S/C19H22ClFN2O4/c20-14-2-1-3-15(21)16(14)18(25)23-10-8-22(9-11-23)17(24)12-4-6-13(7-5-12)19(26)27/h1-3,12-13H,4-11H2,(H,26,27). The normalized spacial score (nSPS) is 23.2. The van der Waals surface area contributed by atoms with Crippen molar-refractivity contribution >= 4 is 29.4 Å². The molecule has 0 spiro atoms. The molecule has 2 amide bonds. The first-order valence-electron chi connectivity index (χ1n) is 9.13. The number of carbonyl (C=O) groups is 3. The van der Waals surface area contributed by atoms with Gasteiger partial charge in [-0.3, -0.25) is 14.4 Å². The lowest BCUT2D eigenvalue weighted by Gasteiger charge is -2.37. The maximum Gasteiger partial charge on any atom is 0.306 e. The molecule has 1 aliphatic heterocycles. The van der Waals surface area contributed by atoms with Crippen molar-refractivity contribution in [3.8, 4) is 0 Å². The summed E-state index contributed by atoms with van der Waals surface area (Å²) in [4.78, 5) is 39.5. The summed E-state index contributed by atoms with van der Waals surface area (Å²) in [6.45, 7) is 1.41. The summed E-state index contributed by atoms with van der Waals surface area (Å²) in [7, 11) is 0. The number of halogens is 2. The van der Waals surface area contributed by atoms with E-state index in [9.17, 15) is 18.8 Å². The third-order valence-corrected chi connectivity index (χ3v) is 5.80. The average Bonchev–Trinajstić information content (AvgIpc) is 2.67. The Hall–Kier alpha value is -2.15. The molecular formula is C19H22ClFN2O4. The van der Waals surface area contributed by atoms with E-state index in [1.165, 1.54) is 23.1 Å². The van der Waals surface area contributed by atoms with Crippen LogP contribution in [0.4, 0.5) is 4.39 Å². The molecular weight excluding hydrogens is 375 g/mol. The van der Waals surface area contributed by atoms with Crippen LogP contribution in [0.2, 0.25) is 5.02 Å². The highest BCUT2D eigenvalue weighted by molar-refractivity contribution is 6.33. The fraction of sp³-hybridized carbons (Fsp3) is 0.526. The van der Waals surface area contributed by atoms with Crippen LogP contribution < -0.4 is 0 Å². The Bertz CT molecular complexity index is 721. The topological polar surface area (TPSA) is 77.9 Å². The van der Waals surface area contributed by atoms with E-state index in [0.717, 1.165) is 0 Å². The molecule has 0 unspecified atom stereocenters. The third-order valence-electron chi connectivity index (χ3n) is 5.48. The fourth-order valence-corrected chi connectivity index (χ4v) is 4.08. The van der Waals surface area contributed by atoms with Gasteiger partial charge in [0, 0.05) is 32.1 Å². The highest BCUT2D eigenvalue weighted by atomic mass is 35.5. The summed E-state index contributed by atoms with van der Waals surface area (Å²) in [5, 5.41) is 9.13. The molecule has 1 saturated heterocycles. The van der Waals surface area contributed by atoms with Gasteiger partial charge in [0.15, 0.2) is 0 Å². The van der Waals surface area contributed by atoms with E-state index in [-0.39, 0.29) is 28.3 Å². The second-order valence-corrected chi connectivity index (χ2v) is 7.51. The molecule has 0 radical (unpaired) electrons. The molecule has 3 rings (SSSR count). The number of hydrogen-bond acceptors (Lipinski definition) is 3. The molecule has 1 heterocycles. The minimum absolute atomic E-state index is 0.0230. The Labute approximate surface area is 161 Å². The monoisotopic (exact) mass is 396 g/mol. The van der Waals surface area contributed by atoms with Crippen molar-refractivity contribution in [2.75, 3.05) is 26.2 Å². The van der Waals surface area contributed by atoms with Gasteiger partial charge in [-0.2, -0.15) is 0 Å². The Balaban J connectivity index is 1.55. The minimum atomic E-state index is -0.792. The summed E-state index contributed by atoms with van der Waals surface area (Å²) < 4.78 is 14.0. The van der Waals surface area contributed by atoms with Gasteiger partial charge < -0.3 is 14.9 Å². The van der Waals surface area contributed by atoms with Gasteiger partial charge in [-0.05, 0) is 37.8 Å². The van der Waals surface area contributed by atoms with Gasteiger partial charge in [0.1, 0.15) is 5.82 Å². The summed E-state index contributed by atoms with van der Waals surface area (Å²) in [5.74, 6) is -2.39. The Kier molecular flexibility index (Phi) is 5.99. The maximum atomic E-state index is 14.0. The SMILES string of the molecule is O=C(O)C1CCC(C(=O)N2CCN(C(=O)c3c(F)cccc3Cl)CC2)CC1. The zero-order chi connectivity index (χ0) is 19.6. The van der Waals surface area contributed by atoms with E-state index in [1.807, 2.05) is 0 Å². The number of hydrogen-bond donors (Lipinski definition) is 1. The van der Waals surface area contributed by atoms with Crippen molar-refractivity contribution in [2.45, 2.75) is 25.7 Å². The van der Waals surface area contributed by atoms with Crippen LogP contribution in [0.5, 0.6) is 0 Å². The van der Waals surface area contributed by atoms with Crippen LogP contribution in [0.1, 0.15) is 36.0 Å². The lowest BCUT2D eigenvalue weighted by molar-refractivity contribution is -0.146. The molecule has 1 aliphatic carbocycles. The number of piperazine rings is 1. The van der Waals surface area contributed by atoms with E-state index in [2.05, 4.69) is 0 Å². The van der Waals surface area contributed by atoms with Crippen molar-refractivity contribution in [1.29, 1.82) is 0 Å². The van der Waals surface area contributed by atoms with Crippen LogP contribution in [0.25, 0.3) is 0 Å². The Morgan fingerprint density at radius 3 is 2.07 bits per heavy atom. The van der Waals surface area contributed by atoms with E-state index in [4.69, 9.17) is 16.7 Å². The fourth-order valence-electron chi connectivity index (χ4n) is 3.84. The van der Waals surface area contributed by atoms with E-state index < -0.39 is 17.7 Å². The number of carboxylic acids is 1. The van der Waals surface area contributed by atoms with Gasteiger partial charge in [-0.15, -0.1) is 0 Å². The van der Waals surface area contributed by atoms with Gasteiger partial charge in [0.2, 0.25) is 5.91 Å². The highest BCUT2D eigenvalue weighted by Crippen LogP contribution is 2.30. The molecule has 6 nitrogen and oxygen atoms in total. The van der Waals surface area contributed by atoms with E-state index in [1.54, 1.807) is 4.90 Å². The average molecular weight is 397 g/mol. The van der Waals surface area contributed by atoms with Crippen LogP contribution in [0.15, 0.2) is 18.2 Å². The van der Waals surface area contributed by atoms with Crippen LogP contribution in [-0.4, -0.2) is 58.9 Å². The third kappa shape index (κ3) is 4.24. The number of carboxylic acid groups (broad SMARTS) is 1. The van der Waals surface area contributed by atoms with E-state index in [0.29, 0.717) is 51.9 Å². The zero-order valence-corrected chi connectivity index (χ0v) is 15.6. The first-order chi connectivity index (χ1) is 12.9. The number of benzene rings is 1. The first-order valence-corrected chi connectivity index (χ1v) is 9.51. The van der Waals surface area contributed by atoms with Gasteiger partial charge in [0.25, 0.3) is 5.91 Å². The molecule has 2 aliphatic rings. The largest absolute Gasteiger partial charge is 0.481 e. The van der Waals surface area contributed by atoms with Gasteiger partial charge >= 0.3 is 5.97 Å². The van der Waals surface area contributed by atoms with Crippen molar-refractivity contribution in [3.05, 3.63) is 34.6 Å². The van der Waals surface area contributed by atoms with Crippen molar-refractivity contribution < 1.29 is 23.9 Å². The molecule has 1 saturated carbocycles. The van der Waals surface area contributed by atoms with Crippen LogP contribution >= 0.6 is 11.6 Å². The first kappa shape index (κ1) is 19.6. The van der Waals surface area contributed by atoms with Gasteiger partial charge in [0.05, 0.1) is 16.5 Å². The summed E-state index contributed by atoms with van der Waals surface area (Å²) in [6.07, 6.45) is 2.21. The van der Waals surface area contributed by atoms with Gasteiger partial charge in [-0.1, -0.05) is 17.7 Å². The lowest BCUT2D eigenvalue weighted by atomic mass is 9.81. The zero-order valence-electron chi connectivity index (χ0n) is 14.9. The molecule has 0 aromatic heterocycles. The maximum absolute atomic E-state index is 14.0. The number of rotatable bonds is 3. The second kappa shape index (κ2) is 8.25. The van der Waals surface area contributed by atoms with Gasteiger partial charge in [-0.25, -0.2) is 4.39 Å². The number of carbonyl (C=O) groups excluding carboxylic acids is 2. The second-order valence-electron chi connectivity index (χ2n) is 7.10. The summed E-state index contributed by atoms with van der Waals surface area (Å²) in [6, 6.07) is 4.13. The molecule has 27 heavy (non-hydrogen) atoms. The van der Waals surface area contributed by atoms with Crippen molar-refractivity contribution in [2.24, 2.45) is 11.8 Å². The molecule has 0 bridgehead atoms. The minimum Gasteiger partial charge on any atom is -0.481 e. The number of amides is 2. The lowest BCUT2D eigenvalue weighted by Crippen LogP contribution is -2.52. The Morgan fingerprint density at radius 1 is 0.963 bits per heavy atom. The predicted octanol–water partition coefficient (Wildman–Crippen LogP) is 2.65. The molecule has 1 N–H and O–H groups in total.